The average Bonchev–Trinajstić information content (AvgIpc) is 2.65. The number of ether oxygens (including phenoxy) is 1. The molecule has 0 bridgehead atoms. The van der Waals surface area contributed by atoms with Gasteiger partial charge in [0.15, 0.2) is 0 Å². The van der Waals surface area contributed by atoms with Crippen LogP contribution in [0.25, 0.3) is 0 Å². The summed E-state index contributed by atoms with van der Waals surface area (Å²) in [7, 11) is 0. The van der Waals surface area contributed by atoms with E-state index in [1.54, 1.807) is 0 Å². The van der Waals surface area contributed by atoms with Crippen LogP contribution in [0, 0.1) is 18.3 Å². The number of rotatable bonds is 7. The summed E-state index contributed by atoms with van der Waals surface area (Å²) in [5, 5.41) is 15.2. The molecule has 5 heteroatoms. The molecule has 2 aromatic carbocycles. The number of para-hydroxylation sites is 1. The molecule has 0 heterocycles. The van der Waals surface area contributed by atoms with E-state index in [-0.39, 0.29) is 11.5 Å². The smallest absolute Gasteiger partial charge is 0.267 e. The number of carbonyl (C=O) groups is 1. The highest BCUT2D eigenvalue weighted by Gasteiger charge is 2.15. The summed E-state index contributed by atoms with van der Waals surface area (Å²) in [5.74, 6) is 0.592. The lowest BCUT2D eigenvalue weighted by atomic mass is 9.98. The molecule has 0 saturated heterocycles. The molecule has 5 nitrogen and oxygen atoms in total. The minimum atomic E-state index is -0.438. The number of anilines is 2. The number of nitrogens with zero attached hydrogens (tertiary/aromatic N) is 1. The van der Waals surface area contributed by atoms with Gasteiger partial charge in [0.05, 0.1) is 6.61 Å². The summed E-state index contributed by atoms with van der Waals surface area (Å²) >= 11 is 0. The van der Waals surface area contributed by atoms with E-state index in [1.807, 2.05) is 62.4 Å². The molecule has 0 aliphatic rings. The van der Waals surface area contributed by atoms with E-state index in [9.17, 15) is 10.1 Å². The van der Waals surface area contributed by atoms with Gasteiger partial charge in [-0.05, 0) is 55.2 Å². The molecule has 2 N–H and O–H groups in total. The number of carbonyl (C=O) groups excluding carboxylic acids is 1. The number of nitriles is 1. The highest BCUT2D eigenvalue weighted by molar-refractivity contribution is 6.07. The van der Waals surface area contributed by atoms with Crippen LogP contribution in [0.5, 0.6) is 5.75 Å². The number of amides is 1. The third kappa shape index (κ3) is 5.35. The monoisotopic (exact) mass is 363 g/mol. The fraction of sp³-hybridized carbons (Fsp3) is 0.273. The number of hydrogen-bond acceptors (Lipinski definition) is 4. The van der Waals surface area contributed by atoms with Crippen molar-refractivity contribution in [2.75, 3.05) is 17.2 Å². The van der Waals surface area contributed by atoms with Crippen LogP contribution < -0.4 is 15.4 Å². The molecule has 27 heavy (non-hydrogen) atoms. The lowest BCUT2D eigenvalue weighted by Gasteiger charge is -2.16. The molecule has 0 unspecified atom stereocenters. The first-order valence-corrected chi connectivity index (χ1v) is 8.96. The van der Waals surface area contributed by atoms with Gasteiger partial charge in [-0.15, -0.1) is 0 Å². The molecular weight excluding hydrogens is 338 g/mol. The Morgan fingerprint density at radius 3 is 2.52 bits per heavy atom. The second kappa shape index (κ2) is 9.44. The number of nitrogens with one attached hydrogen (secondary N) is 2. The van der Waals surface area contributed by atoms with Crippen LogP contribution in [0.4, 0.5) is 11.4 Å². The number of aryl methyl sites for hydroxylation is 1. The standard InChI is InChI=1S/C22H25N3O2/c1-5-27-19-11-9-18(10-12-19)24-14-17(13-23)22(26)25-21-16(4)7-6-8-20(21)15(2)3/h6-12,14-15,24H,5H2,1-4H3,(H,25,26)/b17-14-. The van der Waals surface area contributed by atoms with Crippen LogP contribution in [0.2, 0.25) is 0 Å². The molecule has 0 spiro atoms. The maximum atomic E-state index is 12.6. The van der Waals surface area contributed by atoms with Crippen molar-refractivity contribution in [3.05, 3.63) is 65.4 Å². The second-order valence-electron chi connectivity index (χ2n) is 6.42. The second-order valence-corrected chi connectivity index (χ2v) is 6.42. The van der Waals surface area contributed by atoms with Gasteiger partial charge in [-0.3, -0.25) is 4.79 Å². The van der Waals surface area contributed by atoms with E-state index in [0.717, 1.165) is 28.3 Å². The number of benzene rings is 2. The normalized spacial score (nSPS) is 11.0. The third-order valence-electron chi connectivity index (χ3n) is 4.08. The third-order valence-corrected chi connectivity index (χ3v) is 4.08. The van der Waals surface area contributed by atoms with Crippen LogP contribution in [-0.4, -0.2) is 12.5 Å². The van der Waals surface area contributed by atoms with Gasteiger partial charge in [0.25, 0.3) is 5.91 Å². The first-order valence-electron chi connectivity index (χ1n) is 8.96. The van der Waals surface area contributed by atoms with Gasteiger partial charge in [-0.25, -0.2) is 0 Å². The van der Waals surface area contributed by atoms with Crippen LogP contribution in [0.15, 0.2) is 54.2 Å². The van der Waals surface area contributed by atoms with Gasteiger partial charge in [-0.2, -0.15) is 5.26 Å². The van der Waals surface area contributed by atoms with E-state index in [2.05, 4.69) is 24.5 Å². The van der Waals surface area contributed by atoms with Gasteiger partial charge in [0, 0.05) is 17.6 Å². The fourth-order valence-corrected chi connectivity index (χ4v) is 2.64. The van der Waals surface area contributed by atoms with Gasteiger partial charge >= 0.3 is 0 Å². The van der Waals surface area contributed by atoms with E-state index >= 15 is 0 Å². The Hall–Kier alpha value is -3.26. The zero-order chi connectivity index (χ0) is 19.8. The van der Waals surface area contributed by atoms with Crippen molar-refractivity contribution in [3.63, 3.8) is 0 Å². The van der Waals surface area contributed by atoms with Crippen molar-refractivity contribution in [1.29, 1.82) is 5.26 Å². The number of hydrogen-bond donors (Lipinski definition) is 2. The molecule has 0 radical (unpaired) electrons. The van der Waals surface area contributed by atoms with Crippen molar-refractivity contribution in [2.45, 2.75) is 33.6 Å². The Morgan fingerprint density at radius 2 is 1.93 bits per heavy atom. The average molecular weight is 363 g/mol. The Kier molecular flexibility index (Phi) is 7.01. The maximum absolute atomic E-state index is 12.6. The zero-order valence-electron chi connectivity index (χ0n) is 16.2. The van der Waals surface area contributed by atoms with E-state index in [0.29, 0.717) is 6.61 Å². The van der Waals surface area contributed by atoms with Crippen molar-refractivity contribution >= 4 is 17.3 Å². The summed E-state index contributed by atoms with van der Waals surface area (Å²) in [6, 6.07) is 15.2. The van der Waals surface area contributed by atoms with E-state index in [4.69, 9.17) is 4.74 Å². The maximum Gasteiger partial charge on any atom is 0.267 e. The van der Waals surface area contributed by atoms with Crippen LogP contribution in [-0.2, 0) is 4.79 Å². The zero-order valence-corrected chi connectivity index (χ0v) is 16.2. The van der Waals surface area contributed by atoms with Gasteiger partial charge < -0.3 is 15.4 Å². The fourth-order valence-electron chi connectivity index (χ4n) is 2.64. The molecule has 0 aliphatic carbocycles. The summed E-state index contributed by atoms with van der Waals surface area (Å²) in [6.45, 7) is 8.60. The van der Waals surface area contributed by atoms with Crippen molar-refractivity contribution < 1.29 is 9.53 Å². The predicted molar refractivity (Wildman–Crippen MR) is 109 cm³/mol. The van der Waals surface area contributed by atoms with E-state index < -0.39 is 5.91 Å². The van der Waals surface area contributed by atoms with Crippen LogP contribution >= 0.6 is 0 Å². The van der Waals surface area contributed by atoms with Gasteiger partial charge in [-0.1, -0.05) is 32.0 Å². The first kappa shape index (κ1) is 20.1. The van der Waals surface area contributed by atoms with Gasteiger partial charge in [0.1, 0.15) is 17.4 Å². The van der Waals surface area contributed by atoms with Crippen LogP contribution in [0.1, 0.15) is 37.8 Å². The minimum Gasteiger partial charge on any atom is -0.494 e. The lowest BCUT2D eigenvalue weighted by Crippen LogP contribution is -2.17. The molecule has 0 fully saturated rings. The SMILES string of the molecule is CCOc1ccc(N/C=C(/C#N)C(=O)Nc2c(C)cccc2C(C)C)cc1. The summed E-state index contributed by atoms with van der Waals surface area (Å²) < 4.78 is 5.39. The van der Waals surface area contributed by atoms with Gasteiger partial charge in [0.2, 0.25) is 0 Å². The molecule has 0 aliphatic heterocycles. The predicted octanol–water partition coefficient (Wildman–Crippen LogP) is 4.98. The van der Waals surface area contributed by atoms with Crippen molar-refractivity contribution in [3.8, 4) is 11.8 Å². The van der Waals surface area contributed by atoms with Crippen molar-refractivity contribution in [2.24, 2.45) is 0 Å². The topological polar surface area (TPSA) is 74.1 Å². The van der Waals surface area contributed by atoms with E-state index in [1.165, 1.54) is 6.20 Å². The highest BCUT2D eigenvalue weighted by Crippen LogP contribution is 2.27. The molecular formula is C22H25N3O2. The Bertz CT molecular complexity index is 862. The Labute approximate surface area is 160 Å². The summed E-state index contributed by atoms with van der Waals surface area (Å²) in [4.78, 5) is 12.6. The molecule has 140 valence electrons. The first-order chi connectivity index (χ1) is 13.0. The summed E-state index contributed by atoms with van der Waals surface area (Å²) in [6.07, 6.45) is 1.42. The molecule has 0 atom stereocenters. The Morgan fingerprint density at radius 1 is 1.22 bits per heavy atom. The minimum absolute atomic E-state index is 0.00171. The molecule has 0 saturated carbocycles. The lowest BCUT2D eigenvalue weighted by molar-refractivity contribution is -0.112. The largest absolute Gasteiger partial charge is 0.494 e. The van der Waals surface area contributed by atoms with Crippen LogP contribution in [0.3, 0.4) is 0 Å². The highest BCUT2D eigenvalue weighted by atomic mass is 16.5. The molecule has 2 aromatic rings. The molecule has 2 rings (SSSR count). The summed E-state index contributed by atoms with van der Waals surface area (Å²) in [5.41, 5.74) is 3.53. The molecule has 1 amide bonds. The quantitative estimate of drug-likeness (QED) is 0.538. The Balaban J connectivity index is 2.14. The van der Waals surface area contributed by atoms with Crippen molar-refractivity contribution in [1.82, 2.24) is 0 Å². The molecule has 0 aromatic heterocycles.